The molecule has 0 unspecified atom stereocenters. The minimum Gasteiger partial charge on any atom is -0.339 e. The number of amides is 2. The van der Waals surface area contributed by atoms with Crippen molar-refractivity contribution in [3.05, 3.63) is 89.2 Å². The molecule has 0 aromatic heterocycles. The summed E-state index contributed by atoms with van der Waals surface area (Å²) in [4.78, 5) is 29.2. The normalized spacial score (nSPS) is 14.3. The predicted octanol–water partition coefficient (Wildman–Crippen LogP) is 4.30. The van der Waals surface area contributed by atoms with Gasteiger partial charge in [-0.2, -0.15) is 0 Å². The van der Waals surface area contributed by atoms with Crippen molar-refractivity contribution in [3.8, 4) is 0 Å². The summed E-state index contributed by atoms with van der Waals surface area (Å²) in [5.41, 5.74) is 0.540. The van der Waals surface area contributed by atoms with Crippen LogP contribution in [0.3, 0.4) is 0 Å². The number of carbonyl (C=O) groups excluding carboxylic acids is 2. The lowest BCUT2D eigenvalue weighted by molar-refractivity contribution is 0.0772. The van der Waals surface area contributed by atoms with Crippen molar-refractivity contribution in [3.63, 3.8) is 0 Å². The number of benzene rings is 3. The van der Waals surface area contributed by atoms with E-state index in [0.717, 1.165) is 0 Å². The van der Waals surface area contributed by atoms with Gasteiger partial charge in [-0.1, -0.05) is 30.3 Å². The van der Waals surface area contributed by atoms with Crippen LogP contribution >= 0.6 is 0 Å². The van der Waals surface area contributed by atoms with Crippen LogP contribution in [0.15, 0.2) is 76.5 Å². The van der Waals surface area contributed by atoms with Crippen molar-refractivity contribution in [2.45, 2.75) is 30.2 Å². The zero-order valence-electron chi connectivity index (χ0n) is 18.3. The number of rotatable bonds is 5. The Balaban J connectivity index is 1.96. The highest BCUT2D eigenvalue weighted by atomic mass is 32.2. The second-order valence-electron chi connectivity index (χ2n) is 7.64. The van der Waals surface area contributed by atoms with Gasteiger partial charge >= 0.3 is 0 Å². The number of carbonyl (C=O) groups is 2. The fraction of sp³-hybridized carbons (Fsp3) is 0.200. The van der Waals surface area contributed by atoms with Crippen LogP contribution in [0, 0.1) is 5.82 Å². The Labute approximate surface area is 192 Å². The molecule has 1 heterocycles. The Morgan fingerprint density at radius 1 is 0.939 bits per heavy atom. The van der Waals surface area contributed by atoms with Crippen LogP contribution in [-0.2, 0) is 16.4 Å². The van der Waals surface area contributed by atoms with Gasteiger partial charge in [0.2, 0.25) is 9.84 Å². The van der Waals surface area contributed by atoms with Crippen molar-refractivity contribution >= 4 is 27.3 Å². The first kappa shape index (κ1) is 22.7. The second-order valence-corrected chi connectivity index (χ2v) is 9.53. The van der Waals surface area contributed by atoms with Gasteiger partial charge in [0.05, 0.1) is 27.6 Å². The minimum atomic E-state index is -4.06. The molecule has 1 aliphatic heterocycles. The first-order valence-corrected chi connectivity index (χ1v) is 12.1. The Morgan fingerprint density at radius 3 is 2.30 bits per heavy atom. The second kappa shape index (κ2) is 8.78. The third-order valence-corrected chi connectivity index (χ3v) is 7.63. The largest absolute Gasteiger partial charge is 0.339 e. The topological polar surface area (TPSA) is 74.8 Å². The molecule has 0 spiro atoms. The van der Waals surface area contributed by atoms with Crippen LogP contribution in [0.25, 0.3) is 0 Å². The van der Waals surface area contributed by atoms with Crippen LogP contribution in [0.1, 0.15) is 40.1 Å². The van der Waals surface area contributed by atoms with Gasteiger partial charge in [0.25, 0.3) is 11.8 Å². The predicted molar refractivity (Wildman–Crippen MR) is 123 cm³/mol. The number of sulfone groups is 1. The van der Waals surface area contributed by atoms with E-state index in [0.29, 0.717) is 13.1 Å². The van der Waals surface area contributed by atoms with Gasteiger partial charge in [0.1, 0.15) is 5.82 Å². The molecule has 0 bridgehead atoms. The number of anilines is 1. The van der Waals surface area contributed by atoms with Crippen LogP contribution in [0.5, 0.6) is 0 Å². The molecule has 0 N–H and O–H groups in total. The molecule has 1 aliphatic rings. The summed E-state index contributed by atoms with van der Waals surface area (Å²) in [5.74, 6) is -1.37. The zero-order valence-corrected chi connectivity index (χ0v) is 19.1. The molecule has 0 atom stereocenters. The average Bonchev–Trinajstić information content (AvgIpc) is 2.89. The number of hydrogen-bond acceptors (Lipinski definition) is 4. The molecule has 0 saturated heterocycles. The highest BCUT2D eigenvalue weighted by Gasteiger charge is 2.36. The number of fused-ring (bicyclic) bond motifs is 2. The smallest absolute Gasteiger partial charge is 0.259 e. The van der Waals surface area contributed by atoms with E-state index in [1.54, 1.807) is 29.2 Å². The molecule has 2 amide bonds. The van der Waals surface area contributed by atoms with E-state index in [2.05, 4.69) is 0 Å². The minimum absolute atomic E-state index is 0.00154. The van der Waals surface area contributed by atoms with Gasteiger partial charge in [-0.25, -0.2) is 12.8 Å². The molecule has 3 aromatic rings. The Hall–Kier alpha value is -3.52. The van der Waals surface area contributed by atoms with Gasteiger partial charge in [0.15, 0.2) is 0 Å². The number of halogens is 1. The van der Waals surface area contributed by atoms with Gasteiger partial charge in [0, 0.05) is 24.2 Å². The third-order valence-electron chi connectivity index (χ3n) is 5.78. The fourth-order valence-corrected chi connectivity index (χ4v) is 5.62. The molecule has 0 saturated carbocycles. The summed E-state index contributed by atoms with van der Waals surface area (Å²) in [6.45, 7) is 4.47. The van der Waals surface area contributed by atoms with E-state index >= 15 is 0 Å². The van der Waals surface area contributed by atoms with Crippen LogP contribution in [0.2, 0.25) is 0 Å². The summed E-state index contributed by atoms with van der Waals surface area (Å²) < 4.78 is 41.5. The highest BCUT2D eigenvalue weighted by Crippen LogP contribution is 2.38. The monoisotopic (exact) mass is 466 g/mol. The van der Waals surface area contributed by atoms with Gasteiger partial charge in [-0.3, -0.25) is 9.59 Å². The molecule has 6 nitrogen and oxygen atoms in total. The summed E-state index contributed by atoms with van der Waals surface area (Å²) in [5, 5.41) is 0. The van der Waals surface area contributed by atoms with E-state index in [9.17, 15) is 22.4 Å². The zero-order chi connectivity index (χ0) is 23.8. The van der Waals surface area contributed by atoms with Gasteiger partial charge in [-0.05, 0) is 50.2 Å². The molecule has 3 aromatic carbocycles. The summed E-state index contributed by atoms with van der Waals surface area (Å²) >= 11 is 0. The van der Waals surface area contributed by atoms with E-state index in [1.165, 1.54) is 47.4 Å². The number of hydrogen-bond donors (Lipinski definition) is 0. The molecule has 0 radical (unpaired) electrons. The van der Waals surface area contributed by atoms with Crippen molar-refractivity contribution in [2.24, 2.45) is 0 Å². The molecule has 8 heteroatoms. The quantitative estimate of drug-likeness (QED) is 0.562. The lowest BCUT2D eigenvalue weighted by atomic mass is 10.1. The molecular weight excluding hydrogens is 443 g/mol. The average molecular weight is 467 g/mol. The Morgan fingerprint density at radius 2 is 1.61 bits per heavy atom. The maximum atomic E-state index is 14.5. The maximum Gasteiger partial charge on any atom is 0.259 e. The molecule has 0 fully saturated rings. The molecule has 33 heavy (non-hydrogen) atoms. The SMILES string of the molecule is CCN(CC)C(=O)c1ccc2c(c1)N(Cc1ccccc1F)C(=O)c1ccccc1S2(=O)=O. The Kier molecular flexibility index (Phi) is 6.03. The van der Waals surface area contributed by atoms with Crippen LogP contribution < -0.4 is 4.90 Å². The fourth-order valence-electron chi connectivity index (χ4n) is 3.99. The van der Waals surface area contributed by atoms with Crippen LogP contribution in [-0.4, -0.2) is 38.2 Å². The molecule has 170 valence electrons. The number of nitrogens with zero attached hydrogens (tertiary/aromatic N) is 2. The van der Waals surface area contributed by atoms with E-state index < -0.39 is 21.6 Å². The van der Waals surface area contributed by atoms with E-state index in [-0.39, 0.29) is 44.6 Å². The maximum absolute atomic E-state index is 14.5. The van der Waals surface area contributed by atoms with Gasteiger partial charge < -0.3 is 9.80 Å². The van der Waals surface area contributed by atoms with Crippen LogP contribution in [0.4, 0.5) is 10.1 Å². The van der Waals surface area contributed by atoms with E-state index in [1.807, 2.05) is 13.8 Å². The van der Waals surface area contributed by atoms with Crippen molar-refractivity contribution in [1.29, 1.82) is 0 Å². The van der Waals surface area contributed by atoms with Gasteiger partial charge in [-0.15, -0.1) is 0 Å². The summed E-state index contributed by atoms with van der Waals surface area (Å²) in [7, 11) is -4.06. The third kappa shape index (κ3) is 3.91. The standard InChI is InChI=1S/C25H23FN2O4S/c1-3-27(4-2)24(29)17-13-14-23-21(15-17)28(16-18-9-5-7-11-20(18)26)25(30)19-10-6-8-12-22(19)33(23,31)32/h5-15H,3-4,16H2,1-2H3. The first-order valence-electron chi connectivity index (χ1n) is 10.6. The lowest BCUT2D eigenvalue weighted by Crippen LogP contribution is -2.32. The molecular formula is C25H23FN2O4S. The van der Waals surface area contributed by atoms with Crippen molar-refractivity contribution in [1.82, 2.24) is 4.90 Å². The molecule has 0 aliphatic carbocycles. The first-order chi connectivity index (χ1) is 15.8. The summed E-state index contributed by atoms with van der Waals surface area (Å²) in [6, 6.07) is 16.2. The van der Waals surface area contributed by atoms with Crippen molar-refractivity contribution < 1.29 is 22.4 Å². The summed E-state index contributed by atoms with van der Waals surface area (Å²) in [6.07, 6.45) is 0. The Bertz CT molecular complexity index is 1350. The molecule has 4 rings (SSSR count). The van der Waals surface area contributed by atoms with Crippen molar-refractivity contribution in [2.75, 3.05) is 18.0 Å². The van der Waals surface area contributed by atoms with E-state index in [4.69, 9.17) is 0 Å². The highest BCUT2D eigenvalue weighted by molar-refractivity contribution is 7.91. The lowest BCUT2D eigenvalue weighted by Gasteiger charge is -2.25.